The number of carbonyl (C=O) groups excluding carboxylic acids is 3. The highest BCUT2D eigenvalue weighted by atomic mass is 16.6. The zero-order chi connectivity index (χ0) is 23.1. The largest absolute Gasteiger partial charge is 0.444 e. The summed E-state index contributed by atoms with van der Waals surface area (Å²) in [7, 11) is 0. The van der Waals surface area contributed by atoms with Gasteiger partial charge in [0.1, 0.15) is 11.4 Å². The number of anilines is 2. The average molecular weight is 446 g/mol. The van der Waals surface area contributed by atoms with Gasteiger partial charge in [-0.25, -0.2) is 9.78 Å². The van der Waals surface area contributed by atoms with Crippen LogP contribution in [-0.2, 0) is 14.3 Å². The fourth-order valence-corrected chi connectivity index (χ4v) is 3.86. The van der Waals surface area contributed by atoms with Crippen molar-refractivity contribution < 1.29 is 19.1 Å². The van der Waals surface area contributed by atoms with Crippen molar-refractivity contribution in [2.45, 2.75) is 58.5 Å². The number of aromatic nitrogens is 1. The average Bonchev–Trinajstić information content (AvgIpc) is 2.73. The van der Waals surface area contributed by atoms with E-state index in [-0.39, 0.29) is 24.5 Å². The Morgan fingerprint density at radius 2 is 1.75 bits per heavy atom. The number of rotatable bonds is 4. The smallest absolute Gasteiger partial charge is 0.410 e. The van der Waals surface area contributed by atoms with Gasteiger partial charge in [0.15, 0.2) is 0 Å². The van der Waals surface area contributed by atoms with E-state index in [1.165, 1.54) is 0 Å². The van der Waals surface area contributed by atoms with E-state index < -0.39 is 5.60 Å². The Bertz CT molecular complexity index is 798. The van der Waals surface area contributed by atoms with Crippen LogP contribution in [0.15, 0.2) is 18.3 Å². The van der Waals surface area contributed by atoms with Gasteiger partial charge < -0.3 is 24.8 Å². The molecule has 9 heteroatoms. The third-order valence-electron chi connectivity index (χ3n) is 5.57. The fraction of sp³-hybridized carbons (Fsp3) is 0.652. The molecule has 3 amide bonds. The zero-order valence-electron chi connectivity index (χ0n) is 19.4. The van der Waals surface area contributed by atoms with Crippen LogP contribution in [0, 0.1) is 0 Å². The van der Waals surface area contributed by atoms with E-state index >= 15 is 0 Å². The molecule has 2 aliphatic heterocycles. The summed E-state index contributed by atoms with van der Waals surface area (Å²) in [6, 6.07) is 3.68. The molecule has 0 radical (unpaired) electrons. The maximum atomic E-state index is 12.4. The Labute approximate surface area is 190 Å². The van der Waals surface area contributed by atoms with E-state index in [0.29, 0.717) is 45.0 Å². The van der Waals surface area contributed by atoms with Gasteiger partial charge in [0.05, 0.1) is 18.4 Å². The second-order valence-corrected chi connectivity index (χ2v) is 9.38. The highest BCUT2D eigenvalue weighted by Crippen LogP contribution is 2.19. The first-order chi connectivity index (χ1) is 15.2. The van der Waals surface area contributed by atoms with E-state index in [1.807, 2.05) is 26.8 Å². The summed E-state index contributed by atoms with van der Waals surface area (Å²) in [6.07, 6.45) is 5.96. The van der Waals surface area contributed by atoms with Gasteiger partial charge in [-0.3, -0.25) is 9.59 Å². The van der Waals surface area contributed by atoms with Gasteiger partial charge in [-0.05, 0) is 45.7 Å². The number of pyridine rings is 1. The molecule has 2 fully saturated rings. The van der Waals surface area contributed by atoms with Crippen molar-refractivity contribution >= 4 is 29.4 Å². The van der Waals surface area contributed by atoms with Gasteiger partial charge in [-0.1, -0.05) is 12.8 Å². The van der Waals surface area contributed by atoms with Crippen LogP contribution >= 0.6 is 0 Å². The van der Waals surface area contributed by atoms with Crippen LogP contribution < -0.4 is 10.2 Å². The summed E-state index contributed by atoms with van der Waals surface area (Å²) in [5.41, 5.74) is 0.434. The Balaban J connectivity index is 1.47. The van der Waals surface area contributed by atoms with E-state index in [0.717, 1.165) is 31.4 Å². The lowest BCUT2D eigenvalue weighted by atomic mass is 10.1. The molecule has 0 aromatic carbocycles. The van der Waals surface area contributed by atoms with Crippen molar-refractivity contribution in [3.05, 3.63) is 18.3 Å². The Morgan fingerprint density at radius 1 is 1.03 bits per heavy atom. The third kappa shape index (κ3) is 7.10. The van der Waals surface area contributed by atoms with Crippen LogP contribution in [0.1, 0.15) is 52.9 Å². The first kappa shape index (κ1) is 23.8. The number of hydrogen-bond acceptors (Lipinski definition) is 6. The summed E-state index contributed by atoms with van der Waals surface area (Å²) >= 11 is 0. The minimum Gasteiger partial charge on any atom is -0.444 e. The first-order valence-electron chi connectivity index (χ1n) is 11.5. The molecule has 3 heterocycles. The van der Waals surface area contributed by atoms with Crippen molar-refractivity contribution in [3.63, 3.8) is 0 Å². The zero-order valence-corrected chi connectivity index (χ0v) is 19.4. The molecule has 0 spiro atoms. The lowest BCUT2D eigenvalue weighted by Gasteiger charge is -2.36. The van der Waals surface area contributed by atoms with Crippen molar-refractivity contribution in [1.82, 2.24) is 14.8 Å². The number of amides is 3. The summed E-state index contributed by atoms with van der Waals surface area (Å²) in [4.78, 5) is 46.7. The molecule has 2 saturated heterocycles. The number of ether oxygens (including phenoxy) is 1. The number of hydrogen-bond donors (Lipinski definition) is 1. The molecule has 9 nitrogen and oxygen atoms in total. The van der Waals surface area contributed by atoms with Gasteiger partial charge in [-0.15, -0.1) is 0 Å². The maximum Gasteiger partial charge on any atom is 0.410 e. The Hall–Kier alpha value is -2.84. The molecule has 176 valence electrons. The number of nitrogens with zero attached hydrogens (tertiary/aromatic N) is 4. The van der Waals surface area contributed by atoms with Crippen molar-refractivity contribution in [2.24, 2.45) is 0 Å². The molecule has 1 N–H and O–H groups in total. The van der Waals surface area contributed by atoms with Gasteiger partial charge in [0.25, 0.3) is 0 Å². The SMILES string of the molecule is CC(C)(C)OC(=O)N1CCN(c2ccc(NC(=O)CN3CCCCCCC3=O)nc2)CC1. The Morgan fingerprint density at radius 3 is 2.41 bits per heavy atom. The third-order valence-corrected chi connectivity index (χ3v) is 5.57. The van der Waals surface area contributed by atoms with E-state index in [4.69, 9.17) is 4.74 Å². The normalized spacial score (nSPS) is 18.1. The van der Waals surface area contributed by atoms with E-state index in [1.54, 1.807) is 22.1 Å². The summed E-state index contributed by atoms with van der Waals surface area (Å²) in [5.74, 6) is 0.282. The highest BCUT2D eigenvalue weighted by molar-refractivity contribution is 5.93. The minimum absolute atomic E-state index is 0.0497. The highest BCUT2D eigenvalue weighted by Gasteiger charge is 2.26. The van der Waals surface area contributed by atoms with Crippen LogP contribution in [0.3, 0.4) is 0 Å². The minimum atomic E-state index is -0.502. The van der Waals surface area contributed by atoms with Crippen molar-refractivity contribution in [1.29, 1.82) is 0 Å². The molecule has 2 aliphatic rings. The van der Waals surface area contributed by atoms with Crippen LogP contribution in [0.2, 0.25) is 0 Å². The van der Waals surface area contributed by atoms with Crippen molar-refractivity contribution in [3.8, 4) is 0 Å². The number of carbonyl (C=O) groups is 3. The molecule has 0 bridgehead atoms. The van der Waals surface area contributed by atoms with E-state index in [9.17, 15) is 14.4 Å². The number of nitrogens with one attached hydrogen (secondary N) is 1. The summed E-state index contributed by atoms with van der Waals surface area (Å²) in [5, 5.41) is 2.79. The van der Waals surface area contributed by atoms with Crippen LogP contribution in [0.4, 0.5) is 16.3 Å². The second-order valence-electron chi connectivity index (χ2n) is 9.38. The predicted molar refractivity (Wildman–Crippen MR) is 123 cm³/mol. The molecule has 1 aromatic heterocycles. The predicted octanol–water partition coefficient (Wildman–Crippen LogP) is 2.87. The molecule has 3 rings (SSSR count). The van der Waals surface area contributed by atoms with Crippen molar-refractivity contribution in [2.75, 3.05) is 49.5 Å². The molecular weight excluding hydrogens is 410 g/mol. The van der Waals surface area contributed by atoms with Crippen LogP contribution in [-0.4, -0.2) is 77.6 Å². The summed E-state index contributed by atoms with van der Waals surface area (Å²) in [6.45, 7) is 8.81. The molecule has 1 aromatic rings. The molecule has 0 aliphatic carbocycles. The molecular formula is C23H35N5O4. The molecule has 0 unspecified atom stereocenters. The lowest BCUT2D eigenvalue weighted by Crippen LogP contribution is -2.50. The van der Waals surface area contributed by atoms with Crippen LogP contribution in [0.25, 0.3) is 0 Å². The summed E-state index contributed by atoms with van der Waals surface area (Å²) < 4.78 is 5.44. The maximum absolute atomic E-state index is 12.4. The van der Waals surface area contributed by atoms with E-state index in [2.05, 4.69) is 15.2 Å². The molecule has 0 atom stereocenters. The first-order valence-corrected chi connectivity index (χ1v) is 11.5. The second kappa shape index (κ2) is 10.7. The van der Waals surface area contributed by atoms with Gasteiger partial charge in [0.2, 0.25) is 11.8 Å². The monoisotopic (exact) mass is 445 g/mol. The number of piperazine rings is 1. The van der Waals surface area contributed by atoms with Gasteiger partial charge in [-0.2, -0.15) is 0 Å². The lowest BCUT2D eigenvalue weighted by molar-refractivity contribution is -0.135. The topological polar surface area (TPSA) is 95.1 Å². The Kier molecular flexibility index (Phi) is 7.93. The molecule has 0 saturated carbocycles. The number of likely N-dealkylation sites (tertiary alicyclic amines) is 1. The quantitative estimate of drug-likeness (QED) is 0.766. The molecule has 32 heavy (non-hydrogen) atoms. The standard InChI is InChI=1S/C23H35N5O4/c1-23(2,3)32-22(31)27-14-12-26(13-15-27)18-9-10-19(24-16-18)25-20(29)17-28-11-7-5-4-6-8-21(28)30/h9-10,16H,4-8,11-15,17H2,1-3H3,(H,24,25,29). The van der Waals surface area contributed by atoms with Crippen LogP contribution in [0.5, 0.6) is 0 Å². The fourth-order valence-electron chi connectivity index (χ4n) is 3.86. The van der Waals surface area contributed by atoms with Gasteiger partial charge >= 0.3 is 6.09 Å². The van der Waals surface area contributed by atoms with Gasteiger partial charge in [0, 0.05) is 39.1 Å².